The van der Waals surface area contributed by atoms with Gasteiger partial charge in [0.05, 0.1) is 21.3 Å². The Balaban J connectivity index is 1.32. The van der Waals surface area contributed by atoms with Gasteiger partial charge in [0.15, 0.2) is 5.78 Å². The Morgan fingerprint density at radius 3 is 2.26 bits per heavy atom. The van der Waals surface area contributed by atoms with Gasteiger partial charge in [-0.2, -0.15) is 0 Å². The summed E-state index contributed by atoms with van der Waals surface area (Å²) in [6.45, 7) is 0.199. The number of carboxylic acids is 1. The van der Waals surface area contributed by atoms with Crippen LogP contribution in [0.15, 0.2) is 66.7 Å². The van der Waals surface area contributed by atoms with Gasteiger partial charge in [0.25, 0.3) is 0 Å². The van der Waals surface area contributed by atoms with Crippen molar-refractivity contribution in [1.29, 1.82) is 0 Å². The van der Waals surface area contributed by atoms with Crippen LogP contribution in [0, 0.1) is 0 Å². The number of hydrogen-bond acceptors (Lipinski definition) is 5. The van der Waals surface area contributed by atoms with E-state index in [1.807, 2.05) is 0 Å². The number of carbonyl (C=O) groups excluding carboxylic acids is 2. The number of alkyl halides is 1. The standard InChI is InChI=1S/C27H24Cl2FN3O5/c28-21-3-1-4-22(29)24(21)32-26(37)31-19-9-5-17(6-10-19)15-23(34)27(30)13-2-14-33(27)16-38-20-11-7-18(8-12-20)25(35)36/h1,3-12H,2,13-16H2,(H,35,36)(H2,31,32,37). The van der Waals surface area contributed by atoms with Crippen molar-refractivity contribution < 1.29 is 28.6 Å². The van der Waals surface area contributed by atoms with E-state index in [0.717, 1.165) is 0 Å². The summed E-state index contributed by atoms with van der Waals surface area (Å²) in [5, 5.41) is 14.8. The molecule has 38 heavy (non-hydrogen) atoms. The first-order valence-corrected chi connectivity index (χ1v) is 12.5. The lowest BCUT2D eigenvalue weighted by molar-refractivity contribution is -0.144. The van der Waals surface area contributed by atoms with Crippen LogP contribution in [0.5, 0.6) is 5.75 Å². The van der Waals surface area contributed by atoms with Crippen molar-refractivity contribution in [2.75, 3.05) is 23.9 Å². The highest BCUT2D eigenvalue weighted by Gasteiger charge is 2.47. The summed E-state index contributed by atoms with van der Waals surface area (Å²) >= 11 is 12.1. The van der Waals surface area contributed by atoms with Crippen molar-refractivity contribution >= 4 is 52.4 Å². The summed E-state index contributed by atoms with van der Waals surface area (Å²) in [5.74, 6) is -3.45. The number of rotatable bonds is 9. The van der Waals surface area contributed by atoms with Gasteiger partial charge in [0.2, 0.25) is 5.79 Å². The molecule has 1 saturated heterocycles. The molecule has 11 heteroatoms. The van der Waals surface area contributed by atoms with E-state index in [-0.39, 0.29) is 30.8 Å². The molecule has 1 aliphatic heterocycles. The number of likely N-dealkylation sites (tertiary alicyclic amines) is 1. The van der Waals surface area contributed by atoms with Crippen molar-refractivity contribution in [2.45, 2.75) is 25.1 Å². The highest BCUT2D eigenvalue weighted by Crippen LogP contribution is 2.33. The fraction of sp³-hybridized carbons (Fsp3) is 0.222. The number of carbonyl (C=O) groups is 3. The van der Waals surface area contributed by atoms with E-state index in [1.54, 1.807) is 42.5 Å². The van der Waals surface area contributed by atoms with Gasteiger partial charge < -0.3 is 20.5 Å². The number of nitrogens with zero attached hydrogens (tertiary/aromatic N) is 1. The maximum Gasteiger partial charge on any atom is 0.335 e. The molecule has 3 aromatic carbocycles. The second kappa shape index (κ2) is 11.8. The highest BCUT2D eigenvalue weighted by atomic mass is 35.5. The van der Waals surface area contributed by atoms with Crippen molar-refractivity contribution in [1.82, 2.24) is 4.90 Å². The van der Waals surface area contributed by atoms with E-state index in [0.29, 0.717) is 40.0 Å². The zero-order chi connectivity index (χ0) is 27.3. The maximum absolute atomic E-state index is 15.8. The molecule has 0 saturated carbocycles. The second-order valence-electron chi connectivity index (χ2n) is 8.70. The summed E-state index contributed by atoms with van der Waals surface area (Å²) in [6.07, 6.45) is 0.413. The van der Waals surface area contributed by atoms with Crippen LogP contribution in [-0.4, -0.2) is 46.9 Å². The SMILES string of the molecule is O=C(Nc1ccc(CC(=O)C2(F)CCCN2COc2ccc(C(=O)O)cc2)cc1)Nc1c(Cl)cccc1Cl. The molecular weight excluding hydrogens is 536 g/mol. The predicted molar refractivity (Wildman–Crippen MR) is 143 cm³/mol. The minimum absolute atomic E-state index is 0.0531. The number of para-hydroxylation sites is 1. The van der Waals surface area contributed by atoms with Gasteiger partial charge in [-0.15, -0.1) is 0 Å². The molecule has 0 bridgehead atoms. The number of Topliss-reactive ketones (excluding diaryl/α,β-unsaturated/α-hetero) is 1. The average molecular weight is 560 g/mol. The highest BCUT2D eigenvalue weighted by molar-refractivity contribution is 6.39. The van der Waals surface area contributed by atoms with E-state index in [4.69, 9.17) is 33.0 Å². The summed E-state index contributed by atoms with van der Waals surface area (Å²) < 4.78 is 21.4. The van der Waals surface area contributed by atoms with E-state index >= 15 is 4.39 Å². The molecule has 0 radical (unpaired) electrons. The molecule has 1 unspecified atom stereocenters. The van der Waals surface area contributed by atoms with Crippen LogP contribution in [0.4, 0.5) is 20.6 Å². The van der Waals surface area contributed by atoms with Crippen LogP contribution in [0.25, 0.3) is 0 Å². The van der Waals surface area contributed by atoms with Gasteiger partial charge in [0, 0.05) is 25.1 Å². The molecule has 0 spiro atoms. The van der Waals surface area contributed by atoms with Crippen LogP contribution in [0.3, 0.4) is 0 Å². The Hall–Kier alpha value is -3.66. The normalized spacial score (nSPS) is 17.1. The predicted octanol–water partition coefficient (Wildman–Crippen LogP) is 6.25. The van der Waals surface area contributed by atoms with Gasteiger partial charge >= 0.3 is 12.0 Å². The molecule has 1 heterocycles. The monoisotopic (exact) mass is 559 g/mol. The quantitative estimate of drug-likeness (QED) is 0.267. The van der Waals surface area contributed by atoms with Gasteiger partial charge in [-0.1, -0.05) is 41.4 Å². The van der Waals surface area contributed by atoms with Gasteiger partial charge in [0.1, 0.15) is 12.5 Å². The number of nitrogens with one attached hydrogen (secondary N) is 2. The van der Waals surface area contributed by atoms with Gasteiger partial charge in [-0.25, -0.2) is 18.9 Å². The minimum atomic E-state index is -2.17. The Bertz CT molecular complexity index is 1320. The van der Waals surface area contributed by atoms with Gasteiger partial charge in [-0.3, -0.25) is 4.79 Å². The van der Waals surface area contributed by atoms with Gasteiger partial charge in [-0.05, 0) is 60.5 Å². The van der Waals surface area contributed by atoms with Crippen LogP contribution in [0.1, 0.15) is 28.8 Å². The Kier molecular flexibility index (Phi) is 8.51. The fourth-order valence-corrected chi connectivity index (χ4v) is 4.58. The molecule has 4 rings (SSSR count). The van der Waals surface area contributed by atoms with Crippen LogP contribution in [0.2, 0.25) is 10.0 Å². The lowest BCUT2D eigenvalue weighted by atomic mass is 9.99. The number of ketones is 1. The lowest BCUT2D eigenvalue weighted by Gasteiger charge is -2.29. The molecule has 3 N–H and O–H groups in total. The molecule has 3 aromatic rings. The molecule has 0 aliphatic carbocycles. The van der Waals surface area contributed by atoms with E-state index < -0.39 is 23.6 Å². The summed E-state index contributed by atoms with van der Waals surface area (Å²) in [6, 6.07) is 16.6. The minimum Gasteiger partial charge on any atom is -0.478 e. The number of hydrogen-bond donors (Lipinski definition) is 3. The number of urea groups is 1. The number of aromatic carboxylic acids is 1. The zero-order valence-corrected chi connectivity index (χ0v) is 21.6. The lowest BCUT2D eigenvalue weighted by Crippen LogP contribution is -2.49. The molecule has 1 aliphatic rings. The van der Waals surface area contributed by atoms with Crippen LogP contribution >= 0.6 is 23.2 Å². The number of benzene rings is 3. The van der Waals surface area contributed by atoms with E-state index in [1.165, 1.54) is 29.2 Å². The van der Waals surface area contributed by atoms with Crippen molar-refractivity contribution in [3.63, 3.8) is 0 Å². The number of halogens is 3. The first kappa shape index (κ1) is 27.4. The average Bonchev–Trinajstić information content (AvgIpc) is 3.28. The zero-order valence-electron chi connectivity index (χ0n) is 20.0. The molecule has 2 amide bonds. The molecule has 198 valence electrons. The van der Waals surface area contributed by atoms with Crippen molar-refractivity contribution in [3.8, 4) is 5.75 Å². The Labute approximate surface area is 228 Å². The molecule has 8 nitrogen and oxygen atoms in total. The second-order valence-corrected chi connectivity index (χ2v) is 9.52. The Morgan fingerprint density at radius 2 is 1.63 bits per heavy atom. The van der Waals surface area contributed by atoms with Crippen LogP contribution < -0.4 is 15.4 Å². The molecular formula is C27H24Cl2FN3O5. The Morgan fingerprint density at radius 1 is 0.974 bits per heavy atom. The topological polar surface area (TPSA) is 108 Å². The largest absolute Gasteiger partial charge is 0.478 e. The third-order valence-corrected chi connectivity index (χ3v) is 6.76. The van der Waals surface area contributed by atoms with E-state index in [9.17, 15) is 14.4 Å². The molecule has 1 atom stereocenters. The number of anilines is 2. The smallest absolute Gasteiger partial charge is 0.335 e. The first-order valence-electron chi connectivity index (χ1n) is 11.7. The maximum atomic E-state index is 15.8. The third kappa shape index (κ3) is 6.42. The van der Waals surface area contributed by atoms with E-state index in [2.05, 4.69) is 10.6 Å². The summed E-state index contributed by atoms with van der Waals surface area (Å²) in [4.78, 5) is 37.6. The number of amides is 2. The third-order valence-electron chi connectivity index (χ3n) is 6.13. The fourth-order valence-electron chi connectivity index (χ4n) is 4.09. The van der Waals surface area contributed by atoms with Crippen molar-refractivity contribution in [2.24, 2.45) is 0 Å². The molecule has 1 fully saturated rings. The first-order chi connectivity index (χ1) is 18.2. The van der Waals surface area contributed by atoms with Crippen LogP contribution in [-0.2, 0) is 11.2 Å². The molecule has 0 aromatic heterocycles. The number of ether oxygens (including phenoxy) is 1. The summed E-state index contributed by atoms with van der Waals surface area (Å²) in [5.41, 5.74) is 1.44. The number of carboxylic acid groups (broad SMARTS) is 1. The van der Waals surface area contributed by atoms with Crippen molar-refractivity contribution in [3.05, 3.63) is 87.9 Å². The summed E-state index contributed by atoms with van der Waals surface area (Å²) in [7, 11) is 0.